The zero-order valence-corrected chi connectivity index (χ0v) is 12.7. The lowest BCUT2D eigenvalue weighted by atomic mass is 10.1. The van der Waals surface area contributed by atoms with E-state index >= 15 is 0 Å². The first kappa shape index (κ1) is 14.0. The van der Waals surface area contributed by atoms with Gasteiger partial charge in [0.05, 0.1) is 0 Å². The summed E-state index contributed by atoms with van der Waals surface area (Å²) in [6, 6.07) is 14.2. The van der Waals surface area contributed by atoms with Gasteiger partial charge in [-0.3, -0.25) is 0 Å². The Hall–Kier alpha value is -1.98. The zero-order chi connectivity index (χ0) is 14.5. The van der Waals surface area contributed by atoms with Crippen molar-refractivity contribution >= 4 is 22.1 Å². The Kier molecular flexibility index (Phi) is 4.43. The van der Waals surface area contributed by atoms with Crippen molar-refractivity contribution in [1.82, 2.24) is 15.5 Å². The van der Waals surface area contributed by atoms with Crippen molar-refractivity contribution in [3.05, 3.63) is 47.5 Å². The van der Waals surface area contributed by atoms with Crippen LogP contribution in [-0.4, -0.2) is 16.7 Å². The fourth-order valence-corrected chi connectivity index (χ4v) is 2.77. The molecule has 0 amide bonds. The first-order valence-corrected chi connectivity index (χ1v) is 7.87. The molecule has 0 aliphatic heterocycles. The van der Waals surface area contributed by atoms with Crippen LogP contribution in [0.3, 0.4) is 0 Å². The summed E-state index contributed by atoms with van der Waals surface area (Å²) >= 11 is 1.48. The minimum atomic E-state index is 0.583. The molecule has 2 aromatic carbocycles. The standard InChI is InChI=1S/C16H17N3OS/c1-2-10-17-11-15-18-19-16(21-15)20-14-9-5-7-12-6-3-4-8-13(12)14/h3-9,17H,2,10-11H2,1H3. The number of fused-ring (bicyclic) bond motifs is 1. The molecule has 1 N–H and O–H groups in total. The van der Waals surface area contributed by atoms with Gasteiger partial charge < -0.3 is 10.1 Å². The summed E-state index contributed by atoms with van der Waals surface area (Å²) in [4.78, 5) is 0. The summed E-state index contributed by atoms with van der Waals surface area (Å²) in [5.41, 5.74) is 0. The van der Waals surface area contributed by atoms with Crippen LogP contribution in [0.4, 0.5) is 0 Å². The Balaban J connectivity index is 1.76. The van der Waals surface area contributed by atoms with Gasteiger partial charge in [0.25, 0.3) is 5.19 Å². The van der Waals surface area contributed by atoms with Gasteiger partial charge in [0.15, 0.2) is 0 Å². The van der Waals surface area contributed by atoms with Crippen LogP contribution in [0.2, 0.25) is 0 Å². The number of benzene rings is 2. The van der Waals surface area contributed by atoms with Crippen LogP contribution >= 0.6 is 11.3 Å². The number of hydrogen-bond acceptors (Lipinski definition) is 5. The smallest absolute Gasteiger partial charge is 0.299 e. The highest BCUT2D eigenvalue weighted by atomic mass is 32.1. The Morgan fingerprint density at radius 1 is 1.10 bits per heavy atom. The van der Waals surface area contributed by atoms with E-state index in [9.17, 15) is 0 Å². The molecular formula is C16H17N3OS. The van der Waals surface area contributed by atoms with Gasteiger partial charge in [-0.1, -0.05) is 59.8 Å². The van der Waals surface area contributed by atoms with Gasteiger partial charge in [0.1, 0.15) is 10.8 Å². The molecule has 1 heterocycles. The van der Waals surface area contributed by atoms with Gasteiger partial charge >= 0.3 is 0 Å². The van der Waals surface area contributed by atoms with Gasteiger partial charge in [-0.25, -0.2) is 0 Å². The molecule has 0 spiro atoms. The molecule has 0 fully saturated rings. The third-order valence-electron chi connectivity index (χ3n) is 3.10. The first-order chi connectivity index (χ1) is 10.4. The summed E-state index contributed by atoms with van der Waals surface area (Å²) in [6.07, 6.45) is 1.11. The molecule has 0 unspecified atom stereocenters. The van der Waals surface area contributed by atoms with E-state index in [-0.39, 0.29) is 0 Å². The first-order valence-electron chi connectivity index (χ1n) is 7.05. The highest BCUT2D eigenvalue weighted by Crippen LogP contribution is 2.31. The molecule has 3 rings (SSSR count). The van der Waals surface area contributed by atoms with Crippen molar-refractivity contribution < 1.29 is 4.74 Å². The molecule has 5 heteroatoms. The topological polar surface area (TPSA) is 47.0 Å². The van der Waals surface area contributed by atoms with Crippen molar-refractivity contribution in [2.45, 2.75) is 19.9 Å². The maximum Gasteiger partial charge on any atom is 0.299 e. The lowest BCUT2D eigenvalue weighted by Crippen LogP contribution is -2.13. The van der Waals surface area contributed by atoms with E-state index in [0.29, 0.717) is 5.19 Å². The lowest BCUT2D eigenvalue weighted by Gasteiger charge is -2.05. The number of aromatic nitrogens is 2. The van der Waals surface area contributed by atoms with Crippen molar-refractivity contribution in [1.29, 1.82) is 0 Å². The lowest BCUT2D eigenvalue weighted by molar-refractivity contribution is 0.478. The van der Waals surface area contributed by atoms with Gasteiger partial charge in [0.2, 0.25) is 0 Å². The average Bonchev–Trinajstić information content (AvgIpc) is 2.96. The Labute approximate surface area is 127 Å². The number of ether oxygens (including phenoxy) is 1. The molecule has 4 nitrogen and oxygen atoms in total. The van der Waals surface area contributed by atoms with Crippen LogP contribution in [0.15, 0.2) is 42.5 Å². The summed E-state index contributed by atoms with van der Waals surface area (Å²) in [7, 11) is 0. The van der Waals surface area contributed by atoms with E-state index in [1.807, 2.05) is 24.3 Å². The van der Waals surface area contributed by atoms with E-state index in [0.717, 1.165) is 41.0 Å². The molecule has 0 atom stereocenters. The molecule has 3 aromatic rings. The predicted molar refractivity (Wildman–Crippen MR) is 85.9 cm³/mol. The molecule has 0 saturated carbocycles. The fraction of sp³-hybridized carbons (Fsp3) is 0.250. The monoisotopic (exact) mass is 299 g/mol. The van der Waals surface area contributed by atoms with E-state index in [1.165, 1.54) is 11.3 Å². The maximum absolute atomic E-state index is 5.90. The second kappa shape index (κ2) is 6.65. The predicted octanol–water partition coefficient (Wildman–Crippen LogP) is 3.98. The Morgan fingerprint density at radius 2 is 1.95 bits per heavy atom. The molecule has 0 radical (unpaired) electrons. The van der Waals surface area contributed by atoms with Crippen LogP contribution < -0.4 is 10.1 Å². The van der Waals surface area contributed by atoms with Gasteiger partial charge in [-0.2, -0.15) is 0 Å². The van der Waals surface area contributed by atoms with Crippen LogP contribution in [0.1, 0.15) is 18.4 Å². The van der Waals surface area contributed by atoms with Crippen LogP contribution in [0.25, 0.3) is 10.8 Å². The summed E-state index contributed by atoms with van der Waals surface area (Å²) in [6.45, 7) is 3.87. The third-order valence-corrected chi connectivity index (χ3v) is 3.90. The Bertz CT molecular complexity index is 721. The highest BCUT2D eigenvalue weighted by molar-refractivity contribution is 7.13. The number of rotatable bonds is 6. The second-order valence-corrected chi connectivity index (χ2v) is 5.74. The molecule has 0 saturated heterocycles. The molecule has 108 valence electrons. The minimum Gasteiger partial charge on any atom is -0.429 e. The molecular weight excluding hydrogens is 282 g/mol. The van der Waals surface area contributed by atoms with Gasteiger partial charge in [0, 0.05) is 11.9 Å². The van der Waals surface area contributed by atoms with Gasteiger partial charge in [-0.05, 0) is 24.4 Å². The highest BCUT2D eigenvalue weighted by Gasteiger charge is 2.08. The van der Waals surface area contributed by atoms with E-state index < -0.39 is 0 Å². The fourth-order valence-electron chi connectivity index (χ4n) is 2.10. The summed E-state index contributed by atoms with van der Waals surface area (Å²) < 4.78 is 5.90. The van der Waals surface area contributed by atoms with Crippen LogP contribution in [-0.2, 0) is 6.54 Å². The SMILES string of the molecule is CCCNCc1nnc(Oc2cccc3ccccc23)s1. The zero-order valence-electron chi connectivity index (χ0n) is 11.9. The molecule has 0 aliphatic rings. The molecule has 1 aromatic heterocycles. The normalized spacial score (nSPS) is 10.9. The van der Waals surface area contributed by atoms with Crippen molar-refractivity contribution in [3.63, 3.8) is 0 Å². The second-order valence-electron chi connectivity index (χ2n) is 4.72. The largest absolute Gasteiger partial charge is 0.429 e. The Morgan fingerprint density at radius 3 is 2.86 bits per heavy atom. The maximum atomic E-state index is 5.90. The third kappa shape index (κ3) is 3.37. The number of nitrogens with one attached hydrogen (secondary N) is 1. The molecule has 0 aliphatic carbocycles. The minimum absolute atomic E-state index is 0.583. The summed E-state index contributed by atoms with van der Waals surface area (Å²) in [5.74, 6) is 0.817. The number of hydrogen-bond donors (Lipinski definition) is 1. The number of nitrogens with zero attached hydrogens (tertiary/aromatic N) is 2. The van der Waals surface area contributed by atoms with Crippen molar-refractivity contribution in [2.75, 3.05) is 6.54 Å². The summed E-state index contributed by atoms with van der Waals surface area (Å²) in [5, 5.41) is 15.3. The van der Waals surface area contributed by atoms with Crippen molar-refractivity contribution in [2.24, 2.45) is 0 Å². The molecule has 21 heavy (non-hydrogen) atoms. The quantitative estimate of drug-likeness (QED) is 0.699. The van der Waals surface area contributed by atoms with E-state index in [4.69, 9.17) is 4.74 Å². The average molecular weight is 299 g/mol. The van der Waals surface area contributed by atoms with Crippen LogP contribution in [0, 0.1) is 0 Å². The van der Waals surface area contributed by atoms with E-state index in [1.54, 1.807) is 0 Å². The van der Waals surface area contributed by atoms with E-state index in [2.05, 4.69) is 40.6 Å². The van der Waals surface area contributed by atoms with Crippen LogP contribution in [0.5, 0.6) is 10.9 Å². The van der Waals surface area contributed by atoms with Gasteiger partial charge in [-0.15, -0.1) is 5.10 Å². The molecule has 0 bridgehead atoms. The van der Waals surface area contributed by atoms with Crippen molar-refractivity contribution in [3.8, 4) is 10.9 Å².